The Kier molecular flexibility index (Phi) is 6.61. The van der Waals surface area contributed by atoms with Crippen LogP contribution in [0, 0.1) is 0 Å². The molecule has 0 aliphatic rings. The summed E-state index contributed by atoms with van der Waals surface area (Å²) in [6.45, 7) is 0. The van der Waals surface area contributed by atoms with Crippen LogP contribution in [0.25, 0.3) is 68.5 Å². The van der Waals surface area contributed by atoms with Gasteiger partial charge in [0.05, 0.1) is 0 Å². The number of rotatable bonds is 6. The number of hydrogen-bond acceptors (Lipinski definition) is 1. The lowest BCUT2D eigenvalue weighted by molar-refractivity contribution is 0.669. The van der Waals surface area contributed by atoms with Crippen molar-refractivity contribution in [1.82, 2.24) is 0 Å². The van der Waals surface area contributed by atoms with Crippen molar-refractivity contribution in [1.29, 1.82) is 0 Å². The molecule has 0 unspecified atom stereocenters. The van der Waals surface area contributed by atoms with Crippen LogP contribution in [0.2, 0.25) is 0 Å². The van der Waals surface area contributed by atoms with Gasteiger partial charge in [-0.25, -0.2) is 0 Å². The molecule has 0 atom stereocenters. The highest BCUT2D eigenvalue weighted by atomic mass is 16.3. The Morgan fingerprint density at radius 1 is 0.317 bits per heavy atom. The molecule has 1 heteroatoms. The van der Waals surface area contributed by atoms with Crippen LogP contribution in [0.1, 0.15) is 22.3 Å². The molecule has 0 radical (unpaired) electrons. The first kappa shape index (κ1) is 24.6. The molecule has 1 heterocycles. The van der Waals surface area contributed by atoms with Gasteiger partial charge < -0.3 is 4.42 Å². The van der Waals surface area contributed by atoms with Crippen molar-refractivity contribution in [2.75, 3.05) is 0 Å². The smallest absolute Gasteiger partial charge is 0.135 e. The third-order valence-corrected chi connectivity index (χ3v) is 7.49. The molecule has 0 amide bonds. The first-order valence-corrected chi connectivity index (χ1v) is 13.9. The maximum atomic E-state index is 6.15. The average molecular weight is 525 g/mol. The van der Waals surface area contributed by atoms with Gasteiger partial charge in [0.15, 0.2) is 0 Å². The monoisotopic (exact) mass is 524 g/mol. The van der Waals surface area contributed by atoms with Gasteiger partial charge in [-0.2, -0.15) is 0 Å². The second-order valence-electron chi connectivity index (χ2n) is 10.3. The Balaban J connectivity index is 1.11. The Bertz CT molecular complexity index is 1840. The van der Waals surface area contributed by atoms with Crippen molar-refractivity contribution >= 4 is 46.2 Å². The molecule has 0 spiro atoms. The van der Waals surface area contributed by atoms with E-state index in [2.05, 4.69) is 158 Å². The zero-order valence-electron chi connectivity index (χ0n) is 22.6. The van der Waals surface area contributed by atoms with E-state index < -0.39 is 0 Å². The van der Waals surface area contributed by atoms with Crippen LogP contribution < -0.4 is 0 Å². The summed E-state index contributed by atoms with van der Waals surface area (Å²) < 4.78 is 6.15. The van der Waals surface area contributed by atoms with Crippen molar-refractivity contribution in [3.05, 3.63) is 168 Å². The quantitative estimate of drug-likeness (QED) is 0.197. The Morgan fingerprint density at radius 3 is 1.07 bits per heavy atom. The predicted octanol–water partition coefficient (Wildman–Crippen LogP) is 11.3. The predicted molar refractivity (Wildman–Crippen MR) is 175 cm³/mol. The minimum absolute atomic E-state index is 0.905. The van der Waals surface area contributed by atoms with E-state index in [1.807, 2.05) is 12.1 Å². The van der Waals surface area contributed by atoms with Crippen molar-refractivity contribution in [3.63, 3.8) is 0 Å². The van der Waals surface area contributed by atoms with E-state index in [9.17, 15) is 0 Å². The van der Waals surface area contributed by atoms with Gasteiger partial charge in [0.25, 0.3) is 0 Å². The van der Waals surface area contributed by atoms with Gasteiger partial charge in [-0.05, 0) is 68.8 Å². The largest absolute Gasteiger partial charge is 0.456 e. The van der Waals surface area contributed by atoms with E-state index in [4.69, 9.17) is 4.42 Å². The first-order chi connectivity index (χ1) is 20.3. The maximum Gasteiger partial charge on any atom is 0.135 e. The second-order valence-corrected chi connectivity index (χ2v) is 10.3. The van der Waals surface area contributed by atoms with Gasteiger partial charge >= 0.3 is 0 Å². The van der Waals surface area contributed by atoms with Crippen molar-refractivity contribution in [2.24, 2.45) is 0 Å². The Morgan fingerprint density at radius 2 is 0.659 bits per heavy atom. The lowest BCUT2D eigenvalue weighted by Gasteiger charge is -2.02. The van der Waals surface area contributed by atoms with Crippen LogP contribution in [-0.2, 0) is 0 Å². The van der Waals surface area contributed by atoms with E-state index in [-0.39, 0.29) is 0 Å². The molecule has 1 nitrogen and oxygen atoms in total. The molecular formula is C40H28O. The lowest BCUT2D eigenvalue weighted by Crippen LogP contribution is -1.78. The van der Waals surface area contributed by atoms with Gasteiger partial charge in [0, 0.05) is 10.8 Å². The van der Waals surface area contributed by atoms with Crippen LogP contribution in [0.15, 0.2) is 150 Å². The summed E-state index contributed by atoms with van der Waals surface area (Å²) in [5.74, 6) is 0. The molecule has 1 aromatic heterocycles. The molecule has 7 aromatic rings. The minimum Gasteiger partial charge on any atom is -0.456 e. The summed E-state index contributed by atoms with van der Waals surface area (Å²) >= 11 is 0. The molecule has 6 aromatic carbocycles. The number of furan rings is 1. The van der Waals surface area contributed by atoms with Crippen molar-refractivity contribution in [3.8, 4) is 22.3 Å². The molecular weight excluding hydrogens is 496 g/mol. The fourth-order valence-corrected chi connectivity index (χ4v) is 5.24. The normalized spacial score (nSPS) is 11.7. The average Bonchev–Trinajstić information content (AvgIpc) is 3.41. The van der Waals surface area contributed by atoms with Gasteiger partial charge in [-0.1, -0.05) is 146 Å². The molecule has 194 valence electrons. The molecule has 0 saturated carbocycles. The summed E-state index contributed by atoms with van der Waals surface area (Å²) in [4.78, 5) is 0. The van der Waals surface area contributed by atoms with Gasteiger partial charge in [0.2, 0.25) is 0 Å². The molecule has 41 heavy (non-hydrogen) atoms. The summed E-state index contributed by atoms with van der Waals surface area (Å²) in [7, 11) is 0. The van der Waals surface area contributed by atoms with Crippen molar-refractivity contribution in [2.45, 2.75) is 0 Å². The Hall–Kier alpha value is -5.40. The van der Waals surface area contributed by atoms with E-state index >= 15 is 0 Å². The fourth-order valence-electron chi connectivity index (χ4n) is 5.24. The van der Waals surface area contributed by atoms with Gasteiger partial charge in [-0.15, -0.1) is 0 Å². The summed E-state index contributed by atoms with van der Waals surface area (Å²) in [6, 6.07) is 51.1. The first-order valence-electron chi connectivity index (χ1n) is 13.9. The standard InChI is InChI=1S/C40H28O/c1-3-7-33(8-4-1)35-21-15-29(16-22-35)11-13-31-19-25-39-37(27-31)38-28-32(20-26-40(38)41-39)14-12-30-17-23-36(24-18-30)34-9-5-2-6-10-34/h1-28H. The van der Waals surface area contributed by atoms with E-state index in [1.54, 1.807) is 0 Å². The highest BCUT2D eigenvalue weighted by Gasteiger charge is 2.08. The SMILES string of the molecule is C(=Cc1ccc2oc3ccc(C=Cc4ccc(-c5ccccc5)cc4)cc3c2c1)c1ccc(-c2ccccc2)cc1. The Labute approximate surface area is 240 Å². The summed E-state index contributed by atoms with van der Waals surface area (Å²) in [5.41, 5.74) is 11.4. The highest BCUT2D eigenvalue weighted by molar-refractivity contribution is 6.06. The van der Waals surface area contributed by atoms with E-state index in [0.717, 1.165) is 33.1 Å². The molecule has 0 N–H and O–H groups in total. The van der Waals surface area contributed by atoms with Gasteiger partial charge in [-0.3, -0.25) is 0 Å². The second kappa shape index (κ2) is 11.0. The highest BCUT2D eigenvalue weighted by Crippen LogP contribution is 2.31. The molecule has 0 fully saturated rings. The summed E-state index contributed by atoms with van der Waals surface area (Å²) in [6.07, 6.45) is 8.65. The molecule has 0 aliphatic carbocycles. The topological polar surface area (TPSA) is 13.1 Å². The summed E-state index contributed by atoms with van der Waals surface area (Å²) in [5, 5.41) is 2.26. The molecule has 0 saturated heterocycles. The maximum absolute atomic E-state index is 6.15. The number of hydrogen-bond donors (Lipinski definition) is 0. The molecule has 7 rings (SSSR count). The van der Waals surface area contributed by atoms with Crippen LogP contribution in [-0.4, -0.2) is 0 Å². The molecule has 0 aliphatic heterocycles. The van der Waals surface area contributed by atoms with Crippen molar-refractivity contribution < 1.29 is 4.42 Å². The molecule has 0 bridgehead atoms. The minimum atomic E-state index is 0.905. The lowest BCUT2D eigenvalue weighted by atomic mass is 10.0. The number of benzene rings is 6. The van der Waals surface area contributed by atoms with Crippen LogP contribution in [0.3, 0.4) is 0 Å². The number of fused-ring (bicyclic) bond motifs is 3. The van der Waals surface area contributed by atoms with Crippen LogP contribution in [0.4, 0.5) is 0 Å². The van der Waals surface area contributed by atoms with E-state index in [0.29, 0.717) is 0 Å². The van der Waals surface area contributed by atoms with Gasteiger partial charge in [0.1, 0.15) is 11.2 Å². The zero-order chi connectivity index (χ0) is 27.4. The van der Waals surface area contributed by atoms with Crippen LogP contribution >= 0.6 is 0 Å². The fraction of sp³-hybridized carbons (Fsp3) is 0. The van der Waals surface area contributed by atoms with E-state index in [1.165, 1.54) is 33.4 Å². The van der Waals surface area contributed by atoms with Crippen LogP contribution in [0.5, 0.6) is 0 Å². The third-order valence-electron chi connectivity index (χ3n) is 7.49. The third kappa shape index (κ3) is 5.39. The zero-order valence-corrected chi connectivity index (χ0v) is 22.6.